The molecule has 0 saturated heterocycles. The molecule has 1 aromatic rings. The molecule has 0 bridgehead atoms. The van der Waals surface area contributed by atoms with E-state index >= 15 is 0 Å². The zero-order chi connectivity index (χ0) is 14.0. The van der Waals surface area contributed by atoms with Gasteiger partial charge in [-0.15, -0.1) is 0 Å². The molecule has 19 heavy (non-hydrogen) atoms. The van der Waals surface area contributed by atoms with Gasteiger partial charge < -0.3 is 15.2 Å². The smallest absolute Gasteiger partial charge is 0.306 e. The summed E-state index contributed by atoms with van der Waals surface area (Å²) in [7, 11) is 1.76. The Hall–Kier alpha value is -1.62. The molecule has 1 aliphatic rings. The van der Waals surface area contributed by atoms with Gasteiger partial charge in [-0.3, -0.25) is 4.79 Å². The van der Waals surface area contributed by atoms with Crippen molar-refractivity contribution in [2.75, 3.05) is 13.7 Å². The van der Waals surface area contributed by atoms with Gasteiger partial charge in [-0.1, -0.05) is 6.07 Å². The molecule has 2 rings (SSSR count). The van der Waals surface area contributed by atoms with Crippen molar-refractivity contribution >= 4 is 5.97 Å². The minimum absolute atomic E-state index is 0.0276. The van der Waals surface area contributed by atoms with Gasteiger partial charge >= 0.3 is 5.97 Å². The van der Waals surface area contributed by atoms with Gasteiger partial charge in [0, 0.05) is 6.04 Å². The molecule has 104 valence electrons. The lowest BCUT2D eigenvalue weighted by Crippen LogP contribution is -2.20. The second kappa shape index (κ2) is 5.57. The van der Waals surface area contributed by atoms with Crippen molar-refractivity contribution in [2.45, 2.75) is 19.4 Å². The van der Waals surface area contributed by atoms with Crippen molar-refractivity contribution in [2.24, 2.45) is 11.8 Å². The molecule has 0 aliphatic heterocycles. The van der Waals surface area contributed by atoms with Crippen LogP contribution in [0, 0.1) is 17.7 Å². The lowest BCUT2D eigenvalue weighted by molar-refractivity contribution is -0.138. The predicted octanol–water partition coefficient (Wildman–Crippen LogP) is 2.21. The van der Waals surface area contributed by atoms with E-state index in [1.165, 1.54) is 6.07 Å². The highest BCUT2D eigenvalue weighted by molar-refractivity contribution is 5.73. The molecular weight excluding hydrogens is 249 g/mol. The van der Waals surface area contributed by atoms with E-state index in [1.807, 2.05) is 0 Å². The summed E-state index contributed by atoms with van der Waals surface area (Å²) in [5.41, 5.74) is 0.761. The Bertz CT molecular complexity index is 478. The number of nitrogens with one attached hydrogen (secondary N) is 1. The first-order valence-electron chi connectivity index (χ1n) is 6.40. The molecule has 0 spiro atoms. The molecule has 2 N–H and O–H groups in total. The van der Waals surface area contributed by atoms with Crippen LogP contribution < -0.4 is 10.1 Å². The third kappa shape index (κ3) is 2.87. The first kappa shape index (κ1) is 13.8. The molecule has 0 radical (unpaired) electrons. The summed E-state index contributed by atoms with van der Waals surface area (Å²) >= 11 is 0. The summed E-state index contributed by atoms with van der Waals surface area (Å²) in [6.07, 6.45) is 0.635. The zero-order valence-electron chi connectivity index (χ0n) is 11.0. The second-order valence-corrected chi connectivity index (χ2v) is 4.73. The first-order valence-corrected chi connectivity index (χ1v) is 6.40. The van der Waals surface area contributed by atoms with E-state index < -0.39 is 11.8 Å². The maximum absolute atomic E-state index is 13.8. The van der Waals surface area contributed by atoms with E-state index in [2.05, 4.69) is 5.32 Å². The molecule has 0 heterocycles. The Labute approximate surface area is 111 Å². The van der Waals surface area contributed by atoms with Crippen LogP contribution in [0.4, 0.5) is 4.39 Å². The van der Waals surface area contributed by atoms with Crippen LogP contribution >= 0.6 is 0 Å². The van der Waals surface area contributed by atoms with Crippen LogP contribution in [-0.4, -0.2) is 24.7 Å². The maximum atomic E-state index is 13.8. The Morgan fingerprint density at radius 1 is 1.63 bits per heavy atom. The third-order valence-corrected chi connectivity index (χ3v) is 3.51. The number of hydrogen-bond donors (Lipinski definition) is 2. The minimum Gasteiger partial charge on any atom is -0.491 e. The van der Waals surface area contributed by atoms with E-state index in [0.29, 0.717) is 13.0 Å². The number of carboxylic acid groups (broad SMARTS) is 1. The Morgan fingerprint density at radius 3 is 2.84 bits per heavy atom. The Balaban J connectivity index is 2.16. The lowest BCUT2D eigenvalue weighted by atomic mass is 10.0. The van der Waals surface area contributed by atoms with Gasteiger partial charge in [-0.05, 0) is 44.0 Å². The van der Waals surface area contributed by atoms with Crippen LogP contribution in [0.25, 0.3) is 0 Å². The zero-order valence-corrected chi connectivity index (χ0v) is 11.0. The van der Waals surface area contributed by atoms with E-state index in [-0.39, 0.29) is 23.6 Å². The van der Waals surface area contributed by atoms with Crippen molar-refractivity contribution in [1.29, 1.82) is 0 Å². The minimum atomic E-state index is -0.781. The highest BCUT2D eigenvalue weighted by Crippen LogP contribution is 2.47. The SMILES string of the molecule is CCOc1ccc(C(NC)C2CC2C(=O)O)cc1F. The van der Waals surface area contributed by atoms with E-state index in [4.69, 9.17) is 9.84 Å². The van der Waals surface area contributed by atoms with Crippen molar-refractivity contribution < 1.29 is 19.0 Å². The quantitative estimate of drug-likeness (QED) is 0.829. The Kier molecular flexibility index (Phi) is 4.04. The fourth-order valence-electron chi connectivity index (χ4n) is 2.48. The van der Waals surface area contributed by atoms with Crippen LogP contribution in [0.1, 0.15) is 24.9 Å². The molecule has 4 nitrogen and oxygen atoms in total. The summed E-state index contributed by atoms with van der Waals surface area (Å²) < 4.78 is 19.0. The van der Waals surface area contributed by atoms with Gasteiger partial charge in [-0.2, -0.15) is 0 Å². The van der Waals surface area contributed by atoms with Gasteiger partial charge in [0.05, 0.1) is 12.5 Å². The van der Waals surface area contributed by atoms with Gasteiger partial charge in [0.25, 0.3) is 0 Å². The van der Waals surface area contributed by atoms with E-state index in [0.717, 1.165) is 5.56 Å². The van der Waals surface area contributed by atoms with Crippen LogP contribution in [-0.2, 0) is 4.79 Å². The number of rotatable bonds is 6. The molecule has 3 unspecified atom stereocenters. The summed E-state index contributed by atoms with van der Waals surface area (Å²) in [5.74, 6) is -1.26. The van der Waals surface area contributed by atoms with Crippen molar-refractivity contribution in [3.05, 3.63) is 29.6 Å². The largest absolute Gasteiger partial charge is 0.491 e. The highest BCUT2D eigenvalue weighted by Gasteiger charge is 2.48. The molecule has 0 amide bonds. The molecular formula is C14H18FNO3. The van der Waals surface area contributed by atoms with Crippen molar-refractivity contribution in [1.82, 2.24) is 5.32 Å². The fraction of sp³-hybridized carbons (Fsp3) is 0.500. The lowest BCUT2D eigenvalue weighted by Gasteiger charge is -2.17. The summed E-state index contributed by atoms with van der Waals surface area (Å²) in [6, 6.07) is 4.67. The van der Waals surface area contributed by atoms with E-state index in [9.17, 15) is 9.18 Å². The van der Waals surface area contributed by atoms with Crippen LogP contribution in [0.3, 0.4) is 0 Å². The van der Waals surface area contributed by atoms with Gasteiger partial charge in [0.2, 0.25) is 0 Å². The topological polar surface area (TPSA) is 58.6 Å². The normalized spacial score (nSPS) is 22.9. The number of carbonyl (C=O) groups is 1. The number of halogens is 1. The first-order chi connectivity index (χ1) is 9.08. The number of aliphatic carboxylic acids is 1. The number of benzene rings is 1. The van der Waals surface area contributed by atoms with Crippen molar-refractivity contribution in [3.63, 3.8) is 0 Å². The highest BCUT2D eigenvalue weighted by atomic mass is 19.1. The molecule has 1 aromatic carbocycles. The van der Waals surface area contributed by atoms with Crippen LogP contribution in [0.5, 0.6) is 5.75 Å². The summed E-state index contributed by atoms with van der Waals surface area (Å²) in [4.78, 5) is 10.9. The molecule has 5 heteroatoms. The van der Waals surface area contributed by atoms with E-state index in [1.54, 1.807) is 26.1 Å². The average Bonchev–Trinajstić information content (AvgIpc) is 3.14. The number of hydrogen-bond acceptors (Lipinski definition) is 3. The molecule has 1 saturated carbocycles. The standard InChI is InChI=1S/C14H18FNO3/c1-3-19-12-5-4-8(6-11(12)15)13(16-2)9-7-10(9)14(17)18/h4-6,9-10,13,16H,3,7H2,1-2H3,(H,17,18). The van der Waals surface area contributed by atoms with Gasteiger partial charge in [-0.25, -0.2) is 4.39 Å². The monoisotopic (exact) mass is 267 g/mol. The third-order valence-electron chi connectivity index (χ3n) is 3.51. The molecule has 0 aromatic heterocycles. The van der Waals surface area contributed by atoms with Crippen LogP contribution in [0.15, 0.2) is 18.2 Å². The summed E-state index contributed by atoms with van der Waals surface area (Å²) in [5, 5.41) is 12.0. The maximum Gasteiger partial charge on any atom is 0.306 e. The number of ether oxygens (including phenoxy) is 1. The number of carboxylic acids is 1. The van der Waals surface area contributed by atoms with Gasteiger partial charge in [0.15, 0.2) is 11.6 Å². The molecule has 1 fully saturated rings. The summed E-state index contributed by atoms with van der Waals surface area (Å²) in [6.45, 7) is 2.21. The average molecular weight is 267 g/mol. The van der Waals surface area contributed by atoms with Gasteiger partial charge in [0.1, 0.15) is 0 Å². The molecule has 1 aliphatic carbocycles. The molecule has 3 atom stereocenters. The van der Waals surface area contributed by atoms with Crippen LogP contribution in [0.2, 0.25) is 0 Å². The predicted molar refractivity (Wildman–Crippen MR) is 68.6 cm³/mol. The fourth-order valence-corrected chi connectivity index (χ4v) is 2.48. The van der Waals surface area contributed by atoms with Crippen molar-refractivity contribution in [3.8, 4) is 5.75 Å². The second-order valence-electron chi connectivity index (χ2n) is 4.73. The Morgan fingerprint density at radius 2 is 2.37 bits per heavy atom.